The molecule has 1 rings (SSSR count). The Morgan fingerprint density at radius 3 is 2.69 bits per heavy atom. The summed E-state index contributed by atoms with van der Waals surface area (Å²) in [6.45, 7) is 5.32. The van der Waals surface area contributed by atoms with Crippen LogP contribution >= 0.6 is 0 Å². The summed E-state index contributed by atoms with van der Waals surface area (Å²) in [5.41, 5.74) is 0. The molecule has 16 heavy (non-hydrogen) atoms. The molecular formula is C11H16FN3O. The Morgan fingerprint density at radius 1 is 1.44 bits per heavy atom. The highest BCUT2D eigenvalue weighted by Crippen LogP contribution is 2.03. The van der Waals surface area contributed by atoms with Crippen molar-refractivity contribution in [3.8, 4) is 0 Å². The number of aromatic nitrogens is 1. The van der Waals surface area contributed by atoms with Crippen LogP contribution in [0.2, 0.25) is 0 Å². The number of nitrogens with zero attached hydrogens (tertiary/aromatic N) is 2. The first kappa shape index (κ1) is 12.4. The van der Waals surface area contributed by atoms with Crippen molar-refractivity contribution in [2.24, 2.45) is 0 Å². The van der Waals surface area contributed by atoms with Gasteiger partial charge in [0.15, 0.2) is 0 Å². The van der Waals surface area contributed by atoms with Gasteiger partial charge < -0.3 is 10.2 Å². The van der Waals surface area contributed by atoms with Crippen LogP contribution in [0.3, 0.4) is 0 Å². The summed E-state index contributed by atoms with van der Waals surface area (Å²) in [5.74, 6) is -0.197. The smallest absolute Gasteiger partial charge is 0.241 e. The van der Waals surface area contributed by atoms with Crippen molar-refractivity contribution in [1.82, 2.24) is 9.88 Å². The fraction of sp³-hybridized carbons (Fsp3) is 0.455. The van der Waals surface area contributed by atoms with E-state index in [2.05, 4.69) is 10.3 Å². The van der Waals surface area contributed by atoms with Crippen LogP contribution in [0.15, 0.2) is 18.2 Å². The van der Waals surface area contributed by atoms with E-state index in [9.17, 15) is 9.18 Å². The van der Waals surface area contributed by atoms with Crippen LogP contribution in [0.5, 0.6) is 0 Å². The predicted molar refractivity (Wildman–Crippen MR) is 60.6 cm³/mol. The summed E-state index contributed by atoms with van der Waals surface area (Å²) in [7, 11) is 0. The summed E-state index contributed by atoms with van der Waals surface area (Å²) in [6, 6.07) is 4.43. The van der Waals surface area contributed by atoms with Crippen molar-refractivity contribution in [3.63, 3.8) is 0 Å². The summed E-state index contributed by atoms with van der Waals surface area (Å²) in [4.78, 5) is 16.9. The van der Waals surface area contributed by atoms with Crippen molar-refractivity contribution in [2.45, 2.75) is 13.8 Å². The number of hydrogen-bond donors (Lipinski definition) is 1. The molecule has 4 nitrogen and oxygen atoms in total. The normalized spacial score (nSPS) is 9.94. The minimum atomic E-state index is -0.555. The van der Waals surface area contributed by atoms with Crippen molar-refractivity contribution in [3.05, 3.63) is 24.1 Å². The average Bonchev–Trinajstić information content (AvgIpc) is 2.28. The lowest BCUT2D eigenvalue weighted by atomic mass is 10.4. The highest BCUT2D eigenvalue weighted by atomic mass is 19.1. The van der Waals surface area contributed by atoms with E-state index in [1.54, 1.807) is 17.0 Å². The number of rotatable bonds is 5. The molecule has 0 spiro atoms. The van der Waals surface area contributed by atoms with E-state index in [0.29, 0.717) is 18.9 Å². The van der Waals surface area contributed by atoms with E-state index in [4.69, 9.17) is 0 Å². The molecule has 1 aromatic rings. The molecule has 0 unspecified atom stereocenters. The van der Waals surface area contributed by atoms with E-state index in [1.807, 2.05) is 13.8 Å². The zero-order valence-corrected chi connectivity index (χ0v) is 9.53. The molecule has 5 heteroatoms. The summed E-state index contributed by atoms with van der Waals surface area (Å²) in [6.07, 6.45) is 0. The molecule has 0 aliphatic rings. The Balaban J connectivity index is 2.48. The van der Waals surface area contributed by atoms with Crippen molar-refractivity contribution < 1.29 is 9.18 Å². The third-order valence-electron chi connectivity index (χ3n) is 2.25. The maximum absolute atomic E-state index is 12.7. The SMILES string of the molecule is CCN(CC)C(=O)CNc1cccc(F)n1. The molecule has 0 radical (unpaired) electrons. The van der Waals surface area contributed by atoms with Crippen LogP contribution in [-0.2, 0) is 4.79 Å². The summed E-state index contributed by atoms with van der Waals surface area (Å²) >= 11 is 0. The van der Waals surface area contributed by atoms with E-state index in [0.717, 1.165) is 0 Å². The molecule has 0 bridgehead atoms. The number of likely N-dealkylation sites (N-methyl/N-ethyl adjacent to an activating group) is 1. The van der Waals surface area contributed by atoms with Gasteiger partial charge in [-0.2, -0.15) is 4.39 Å². The number of halogens is 1. The molecule has 0 aromatic carbocycles. The van der Waals surface area contributed by atoms with Gasteiger partial charge in [-0.1, -0.05) is 6.07 Å². The minimum Gasteiger partial charge on any atom is -0.361 e. The third-order valence-corrected chi connectivity index (χ3v) is 2.25. The molecule has 1 N–H and O–H groups in total. The standard InChI is InChI=1S/C11H16FN3O/c1-3-15(4-2)11(16)8-13-10-7-5-6-9(12)14-10/h5-7H,3-4,8H2,1-2H3,(H,13,14). The van der Waals surface area contributed by atoms with E-state index < -0.39 is 5.95 Å². The minimum absolute atomic E-state index is 0.0175. The monoisotopic (exact) mass is 225 g/mol. The first-order valence-corrected chi connectivity index (χ1v) is 5.31. The van der Waals surface area contributed by atoms with Gasteiger partial charge in [0, 0.05) is 13.1 Å². The van der Waals surface area contributed by atoms with Gasteiger partial charge >= 0.3 is 0 Å². The second-order valence-electron chi connectivity index (χ2n) is 3.27. The van der Waals surface area contributed by atoms with Gasteiger partial charge in [-0.3, -0.25) is 4.79 Å². The van der Waals surface area contributed by atoms with Crippen LogP contribution in [0, 0.1) is 5.95 Å². The maximum Gasteiger partial charge on any atom is 0.241 e. The van der Waals surface area contributed by atoms with Crippen molar-refractivity contribution in [1.29, 1.82) is 0 Å². The fourth-order valence-electron chi connectivity index (χ4n) is 1.36. The number of anilines is 1. The highest BCUT2D eigenvalue weighted by Gasteiger charge is 2.08. The second kappa shape index (κ2) is 6.05. The zero-order chi connectivity index (χ0) is 12.0. The zero-order valence-electron chi connectivity index (χ0n) is 9.53. The number of nitrogens with one attached hydrogen (secondary N) is 1. The molecule has 0 atom stereocenters. The van der Waals surface area contributed by atoms with Crippen LogP contribution in [-0.4, -0.2) is 35.4 Å². The van der Waals surface area contributed by atoms with Crippen molar-refractivity contribution >= 4 is 11.7 Å². The van der Waals surface area contributed by atoms with Gasteiger partial charge in [0.25, 0.3) is 0 Å². The van der Waals surface area contributed by atoms with Crippen LogP contribution < -0.4 is 5.32 Å². The van der Waals surface area contributed by atoms with Gasteiger partial charge in [-0.05, 0) is 26.0 Å². The van der Waals surface area contributed by atoms with Crippen molar-refractivity contribution in [2.75, 3.05) is 25.0 Å². The largest absolute Gasteiger partial charge is 0.361 e. The molecule has 88 valence electrons. The molecule has 0 saturated heterocycles. The van der Waals surface area contributed by atoms with Gasteiger partial charge in [0.05, 0.1) is 6.54 Å². The molecule has 0 saturated carbocycles. The number of hydrogen-bond acceptors (Lipinski definition) is 3. The molecular weight excluding hydrogens is 209 g/mol. The Morgan fingerprint density at radius 2 is 2.12 bits per heavy atom. The third kappa shape index (κ3) is 3.49. The Kier molecular flexibility index (Phi) is 4.69. The molecule has 1 aromatic heterocycles. The van der Waals surface area contributed by atoms with Gasteiger partial charge in [-0.15, -0.1) is 0 Å². The topological polar surface area (TPSA) is 45.2 Å². The Hall–Kier alpha value is -1.65. The van der Waals surface area contributed by atoms with Crippen LogP contribution in [0.25, 0.3) is 0 Å². The fourth-order valence-corrected chi connectivity index (χ4v) is 1.36. The molecule has 1 heterocycles. The molecule has 0 fully saturated rings. The van der Waals surface area contributed by atoms with E-state index in [1.165, 1.54) is 6.07 Å². The number of amides is 1. The lowest BCUT2D eigenvalue weighted by molar-refractivity contribution is -0.128. The average molecular weight is 225 g/mol. The highest BCUT2D eigenvalue weighted by molar-refractivity contribution is 5.80. The van der Waals surface area contributed by atoms with E-state index in [-0.39, 0.29) is 12.5 Å². The predicted octanol–water partition coefficient (Wildman–Crippen LogP) is 1.50. The number of pyridine rings is 1. The van der Waals surface area contributed by atoms with Gasteiger partial charge in [0.1, 0.15) is 5.82 Å². The summed E-state index contributed by atoms with van der Waals surface area (Å²) < 4.78 is 12.7. The van der Waals surface area contributed by atoms with Crippen LogP contribution in [0.4, 0.5) is 10.2 Å². The lowest BCUT2D eigenvalue weighted by Gasteiger charge is -2.18. The molecule has 0 aliphatic carbocycles. The van der Waals surface area contributed by atoms with E-state index >= 15 is 0 Å². The quantitative estimate of drug-likeness (QED) is 0.772. The van der Waals surface area contributed by atoms with Crippen LogP contribution in [0.1, 0.15) is 13.8 Å². The number of carbonyl (C=O) groups excluding carboxylic acids is 1. The molecule has 1 amide bonds. The van der Waals surface area contributed by atoms with Gasteiger partial charge in [0.2, 0.25) is 11.9 Å². The first-order chi connectivity index (χ1) is 7.67. The van der Waals surface area contributed by atoms with Gasteiger partial charge in [-0.25, -0.2) is 4.98 Å². The summed E-state index contributed by atoms with van der Waals surface area (Å²) in [5, 5.41) is 2.79. The second-order valence-corrected chi connectivity index (χ2v) is 3.27. The Bertz CT molecular complexity index is 353. The first-order valence-electron chi connectivity index (χ1n) is 5.31. The molecule has 0 aliphatic heterocycles. The lowest BCUT2D eigenvalue weighted by Crippen LogP contribution is -2.35. The maximum atomic E-state index is 12.7. The Labute approximate surface area is 94.5 Å². The number of carbonyl (C=O) groups is 1.